The molecule has 1 aromatic carbocycles. The number of benzene rings is 1. The molecule has 134 valence electrons. The molecule has 0 fully saturated rings. The molecule has 2 aromatic heterocycles. The molecule has 3 rings (SSSR count). The molecule has 1 amide bonds. The lowest BCUT2D eigenvalue weighted by molar-refractivity contribution is 0.102. The van der Waals surface area contributed by atoms with Crippen LogP contribution in [0.4, 0.5) is 5.69 Å². The second kappa shape index (κ2) is 6.98. The maximum atomic E-state index is 12.8. The number of amides is 1. The van der Waals surface area contributed by atoms with E-state index < -0.39 is 21.0 Å². The van der Waals surface area contributed by atoms with Crippen molar-refractivity contribution in [2.75, 3.05) is 5.32 Å². The predicted octanol–water partition coefficient (Wildman–Crippen LogP) is 2.71. The molecule has 0 radical (unpaired) electrons. The van der Waals surface area contributed by atoms with E-state index in [9.17, 15) is 13.2 Å². The van der Waals surface area contributed by atoms with Crippen molar-refractivity contribution in [2.24, 2.45) is 5.14 Å². The largest absolute Gasteiger partial charge is 0.360 e. The van der Waals surface area contributed by atoms with Crippen LogP contribution in [-0.2, 0) is 10.0 Å². The second-order valence-electron chi connectivity index (χ2n) is 5.31. The van der Waals surface area contributed by atoms with Gasteiger partial charge in [0.2, 0.25) is 0 Å². The number of rotatable bonds is 4. The van der Waals surface area contributed by atoms with Gasteiger partial charge in [-0.05, 0) is 41.1 Å². The SMILES string of the molecule is Cc1onc(-c2ccnc(S(N)(=O)=O)c2C(=O)Nc2ccccc2)c1Br. The summed E-state index contributed by atoms with van der Waals surface area (Å²) < 4.78 is 29.5. The zero-order valence-electron chi connectivity index (χ0n) is 13.4. The lowest BCUT2D eigenvalue weighted by atomic mass is 10.1. The molecule has 0 bridgehead atoms. The van der Waals surface area contributed by atoms with Gasteiger partial charge in [0.15, 0.2) is 5.03 Å². The number of para-hydroxylation sites is 1. The number of carbonyl (C=O) groups is 1. The highest BCUT2D eigenvalue weighted by atomic mass is 79.9. The third kappa shape index (κ3) is 3.52. The Balaban J connectivity index is 2.20. The van der Waals surface area contributed by atoms with Gasteiger partial charge < -0.3 is 9.84 Å². The Morgan fingerprint density at radius 2 is 1.92 bits per heavy atom. The number of hydrogen-bond acceptors (Lipinski definition) is 6. The number of nitrogens with one attached hydrogen (secondary N) is 1. The molecule has 0 atom stereocenters. The molecular weight excluding hydrogens is 424 g/mol. The van der Waals surface area contributed by atoms with Gasteiger partial charge in [0.05, 0.1) is 10.0 Å². The number of halogens is 1. The Morgan fingerprint density at radius 3 is 2.50 bits per heavy atom. The Bertz CT molecular complexity index is 1080. The summed E-state index contributed by atoms with van der Waals surface area (Å²) in [5, 5.41) is 11.2. The highest BCUT2D eigenvalue weighted by Gasteiger charge is 2.28. The van der Waals surface area contributed by atoms with Crippen LogP contribution in [-0.4, -0.2) is 24.5 Å². The van der Waals surface area contributed by atoms with Gasteiger partial charge in [-0.2, -0.15) is 0 Å². The lowest BCUT2D eigenvalue weighted by Gasteiger charge is -2.12. The monoisotopic (exact) mass is 436 g/mol. The van der Waals surface area contributed by atoms with Crippen molar-refractivity contribution in [3.05, 3.63) is 58.4 Å². The number of nitrogens with two attached hydrogens (primary N) is 1. The predicted molar refractivity (Wildman–Crippen MR) is 97.9 cm³/mol. The summed E-state index contributed by atoms with van der Waals surface area (Å²) in [6.45, 7) is 1.67. The van der Waals surface area contributed by atoms with E-state index in [1.807, 2.05) is 0 Å². The van der Waals surface area contributed by atoms with E-state index in [4.69, 9.17) is 9.66 Å². The minimum absolute atomic E-state index is 0.215. The van der Waals surface area contributed by atoms with Crippen LogP contribution >= 0.6 is 15.9 Å². The molecule has 10 heteroatoms. The van der Waals surface area contributed by atoms with Crippen molar-refractivity contribution in [1.82, 2.24) is 10.1 Å². The number of carbonyl (C=O) groups excluding carboxylic acids is 1. The maximum Gasteiger partial charge on any atom is 0.259 e. The maximum absolute atomic E-state index is 12.8. The molecular formula is C16H13BrN4O4S. The summed E-state index contributed by atoms with van der Waals surface area (Å²) in [6.07, 6.45) is 1.24. The van der Waals surface area contributed by atoms with Gasteiger partial charge in [0, 0.05) is 17.4 Å². The summed E-state index contributed by atoms with van der Waals surface area (Å²) in [7, 11) is -4.25. The molecule has 0 saturated heterocycles. The number of nitrogens with zero attached hydrogens (tertiary/aromatic N) is 2. The van der Waals surface area contributed by atoms with Crippen LogP contribution in [0.25, 0.3) is 11.3 Å². The van der Waals surface area contributed by atoms with Crippen molar-refractivity contribution in [2.45, 2.75) is 11.9 Å². The standard InChI is InChI=1S/C16H13BrN4O4S/c1-9-13(17)14(21-25-9)11-7-8-19-16(26(18,23)24)12(11)15(22)20-10-5-3-2-4-6-10/h2-8H,1H3,(H,20,22)(H2,18,23,24). The molecule has 8 nitrogen and oxygen atoms in total. The minimum atomic E-state index is -4.25. The van der Waals surface area contributed by atoms with Gasteiger partial charge in [-0.1, -0.05) is 23.4 Å². The van der Waals surface area contributed by atoms with E-state index in [-0.39, 0.29) is 16.8 Å². The molecule has 0 saturated carbocycles. The first-order valence-corrected chi connectivity index (χ1v) is 9.63. The van der Waals surface area contributed by atoms with Gasteiger partial charge in [-0.25, -0.2) is 18.5 Å². The van der Waals surface area contributed by atoms with E-state index in [2.05, 4.69) is 31.4 Å². The van der Waals surface area contributed by atoms with Gasteiger partial charge in [0.1, 0.15) is 11.5 Å². The van der Waals surface area contributed by atoms with Crippen LogP contribution in [0.3, 0.4) is 0 Å². The van der Waals surface area contributed by atoms with Crippen LogP contribution in [0.2, 0.25) is 0 Å². The first-order valence-electron chi connectivity index (χ1n) is 7.29. The van der Waals surface area contributed by atoms with Crippen LogP contribution in [0.15, 0.2) is 56.6 Å². The number of hydrogen-bond donors (Lipinski definition) is 2. The molecule has 0 aliphatic heterocycles. The summed E-state index contributed by atoms with van der Waals surface area (Å²) in [5.41, 5.74) is 0.769. The van der Waals surface area contributed by atoms with E-state index >= 15 is 0 Å². The van der Waals surface area contributed by atoms with Crippen molar-refractivity contribution < 1.29 is 17.7 Å². The molecule has 2 heterocycles. The molecule has 0 aliphatic carbocycles. The van der Waals surface area contributed by atoms with Gasteiger partial charge >= 0.3 is 0 Å². The zero-order chi connectivity index (χ0) is 18.9. The Morgan fingerprint density at radius 1 is 1.23 bits per heavy atom. The number of pyridine rings is 1. The van der Waals surface area contributed by atoms with E-state index in [0.717, 1.165) is 0 Å². The Hall–Kier alpha value is -2.56. The van der Waals surface area contributed by atoms with Crippen LogP contribution in [0.5, 0.6) is 0 Å². The number of anilines is 1. The van der Waals surface area contributed by atoms with Crippen LogP contribution in [0.1, 0.15) is 16.1 Å². The minimum Gasteiger partial charge on any atom is -0.360 e. The van der Waals surface area contributed by atoms with Crippen molar-refractivity contribution >= 4 is 37.5 Å². The fourth-order valence-electron chi connectivity index (χ4n) is 2.32. The van der Waals surface area contributed by atoms with Crippen LogP contribution in [0, 0.1) is 6.92 Å². The number of primary sulfonamides is 1. The summed E-state index contributed by atoms with van der Waals surface area (Å²) in [4.78, 5) is 16.6. The van der Waals surface area contributed by atoms with Crippen molar-refractivity contribution in [3.8, 4) is 11.3 Å². The molecule has 0 spiro atoms. The van der Waals surface area contributed by atoms with Gasteiger partial charge in [-0.15, -0.1) is 0 Å². The van der Waals surface area contributed by atoms with E-state index in [0.29, 0.717) is 15.9 Å². The number of aromatic nitrogens is 2. The molecule has 3 aromatic rings. The van der Waals surface area contributed by atoms with Crippen LogP contribution < -0.4 is 10.5 Å². The summed E-state index contributed by atoms with van der Waals surface area (Å²) >= 11 is 3.32. The summed E-state index contributed by atoms with van der Waals surface area (Å²) in [6, 6.07) is 10.1. The number of sulfonamides is 1. The molecule has 26 heavy (non-hydrogen) atoms. The normalized spacial score (nSPS) is 11.3. The van der Waals surface area contributed by atoms with Gasteiger partial charge in [-0.3, -0.25) is 4.79 Å². The first-order chi connectivity index (χ1) is 12.3. The average Bonchev–Trinajstić information content (AvgIpc) is 2.93. The Labute approximate surface area is 157 Å². The highest BCUT2D eigenvalue weighted by Crippen LogP contribution is 2.34. The smallest absolute Gasteiger partial charge is 0.259 e. The third-order valence-electron chi connectivity index (χ3n) is 3.49. The highest BCUT2D eigenvalue weighted by molar-refractivity contribution is 9.10. The summed E-state index contributed by atoms with van der Waals surface area (Å²) in [5.74, 6) is -0.209. The average molecular weight is 437 g/mol. The number of aryl methyl sites for hydroxylation is 1. The molecule has 0 aliphatic rings. The quantitative estimate of drug-likeness (QED) is 0.646. The fraction of sp³-hybridized carbons (Fsp3) is 0.0625. The van der Waals surface area contributed by atoms with Gasteiger partial charge in [0.25, 0.3) is 15.9 Å². The van der Waals surface area contributed by atoms with E-state index in [1.54, 1.807) is 37.3 Å². The first kappa shape index (κ1) is 18.2. The zero-order valence-corrected chi connectivity index (χ0v) is 15.8. The third-order valence-corrected chi connectivity index (χ3v) is 5.27. The molecule has 3 N–H and O–H groups in total. The molecule has 0 unspecified atom stereocenters. The van der Waals surface area contributed by atoms with Crippen molar-refractivity contribution in [1.29, 1.82) is 0 Å². The Kier molecular flexibility index (Phi) is 4.90. The second-order valence-corrected chi connectivity index (χ2v) is 7.57. The van der Waals surface area contributed by atoms with Crippen molar-refractivity contribution in [3.63, 3.8) is 0 Å². The van der Waals surface area contributed by atoms with E-state index in [1.165, 1.54) is 12.3 Å². The topological polar surface area (TPSA) is 128 Å². The lowest BCUT2D eigenvalue weighted by Crippen LogP contribution is -2.23. The fourth-order valence-corrected chi connectivity index (χ4v) is 3.37.